The third-order valence-electron chi connectivity index (χ3n) is 2.59. The Morgan fingerprint density at radius 3 is 2.69 bits per heavy atom. The quantitative estimate of drug-likeness (QED) is 0.578. The van der Waals surface area contributed by atoms with Crippen molar-refractivity contribution in [2.45, 2.75) is 32.6 Å². The van der Waals surface area contributed by atoms with E-state index in [4.69, 9.17) is 0 Å². The molecule has 13 heavy (non-hydrogen) atoms. The second kappa shape index (κ2) is 6.39. The molecule has 0 heterocycles. The van der Waals surface area contributed by atoms with Crippen LogP contribution in [0, 0.1) is 5.92 Å². The predicted octanol–water partition coefficient (Wildman–Crippen LogP) is 1.72. The minimum absolute atomic E-state index is 1.04. The van der Waals surface area contributed by atoms with Crippen molar-refractivity contribution in [3.05, 3.63) is 0 Å². The van der Waals surface area contributed by atoms with Gasteiger partial charge in [0.05, 0.1) is 0 Å². The molecular formula is C11H24N2. The molecule has 1 saturated carbocycles. The van der Waals surface area contributed by atoms with Crippen molar-refractivity contribution in [2.24, 2.45) is 5.92 Å². The van der Waals surface area contributed by atoms with Gasteiger partial charge in [-0.3, -0.25) is 0 Å². The highest BCUT2D eigenvalue weighted by atomic mass is 15.1. The number of hydrogen-bond acceptors (Lipinski definition) is 2. The van der Waals surface area contributed by atoms with Crippen molar-refractivity contribution in [3.8, 4) is 0 Å². The highest BCUT2D eigenvalue weighted by Crippen LogP contribution is 2.29. The minimum atomic E-state index is 1.04. The SMILES string of the molecule is CCCNCCCN(C)CC1CC1. The van der Waals surface area contributed by atoms with Gasteiger partial charge in [0, 0.05) is 6.54 Å². The lowest BCUT2D eigenvalue weighted by atomic mass is 10.3. The van der Waals surface area contributed by atoms with Crippen LogP contribution in [-0.4, -0.2) is 38.1 Å². The summed E-state index contributed by atoms with van der Waals surface area (Å²) in [7, 11) is 2.25. The second-order valence-corrected chi connectivity index (χ2v) is 4.31. The summed E-state index contributed by atoms with van der Waals surface area (Å²) in [4.78, 5) is 2.48. The normalized spacial score (nSPS) is 16.8. The van der Waals surface area contributed by atoms with E-state index in [0.717, 1.165) is 5.92 Å². The molecule has 0 unspecified atom stereocenters. The summed E-state index contributed by atoms with van der Waals surface area (Å²) < 4.78 is 0. The third kappa shape index (κ3) is 6.05. The predicted molar refractivity (Wildman–Crippen MR) is 58.0 cm³/mol. The number of hydrogen-bond donors (Lipinski definition) is 1. The first-order chi connectivity index (χ1) is 6.33. The van der Waals surface area contributed by atoms with E-state index >= 15 is 0 Å². The Kier molecular flexibility index (Phi) is 5.40. The van der Waals surface area contributed by atoms with Crippen molar-refractivity contribution in [3.63, 3.8) is 0 Å². The van der Waals surface area contributed by atoms with E-state index in [1.807, 2.05) is 0 Å². The van der Waals surface area contributed by atoms with Gasteiger partial charge < -0.3 is 10.2 Å². The van der Waals surface area contributed by atoms with Crippen LogP contribution in [0.5, 0.6) is 0 Å². The number of nitrogens with one attached hydrogen (secondary N) is 1. The number of nitrogens with zero attached hydrogens (tertiary/aromatic N) is 1. The van der Waals surface area contributed by atoms with Crippen LogP contribution in [0.15, 0.2) is 0 Å². The van der Waals surface area contributed by atoms with E-state index in [1.54, 1.807) is 0 Å². The molecule has 2 nitrogen and oxygen atoms in total. The molecule has 0 radical (unpaired) electrons. The average molecular weight is 184 g/mol. The molecule has 78 valence electrons. The van der Waals surface area contributed by atoms with Gasteiger partial charge >= 0.3 is 0 Å². The second-order valence-electron chi connectivity index (χ2n) is 4.31. The zero-order valence-corrected chi connectivity index (χ0v) is 9.18. The molecule has 1 N–H and O–H groups in total. The van der Waals surface area contributed by atoms with E-state index < -0.39 is 0 Å². The summed E-state index contributed by atoms with van der Waals surface area (Å²) >= 11 is 0. The van der Waals surface area contributed by atoms with Crippen LogP contribution in [0.25, 0.3) is 0 Å². The first-order valence-electron chi connectivity index (χ1n) is 5.72. The topological polar surface area (TPSA) is 15.3 Å². The Labute approximate surface area is 82.7 Å². The monoisotopic (exact) mass is 184 g/mol. The Bertz CT molecular complexity index is 121. The highest BCUT2D eigenvalue weighted by molar-refractivity contribution is 4.75. The first-order valence-corrected chi connectivity index (χ1v) is 5.72. The Balaban J connectivity index is 1.80. The van der Waals surface area contributed by atoms with Gasteiger partial charge in [0.15, 0.2) is 0 Å². The molecule has 2 heteroatoms. The molecule has 0 atom stereocenters. The fourth-order valence-corrected chi connectivity index (χ4v) is 1.61. The maximum absolute atomic E-state index is 3.43. The maximum atomic E-state index is 3.43. The lowest BCUT2D eigenvalue weighted by Crippen LogP contribution is -2.26. The van der Waals surface area contributed by atoms with Gasteiger partial charge in [-0.1, -0.05) is 6.92 Å². The zero-order valence-electron chi connectivity index (χ0n) is 9.18. The van der Waals surface area contributed by atoms with Crippen LogP contribution in [0.2, 0.25) is 0 Å². The molecule has 1 rings (SSSR count). The van der Waals surface area contributed by atoms with Crippen LogP contribution in [0.3, 0.4) is 0 Å². The summed E-state index contributed by atoms with van der Waals surface area (Å²) in [6.07, 6.45) is 5.48. The summed E-state index contributed by atoms with van der Waals surface area (Å²) in [5.74, 6) is 1.04. The summed E-state index contributed by atoms with van der Waals surface area (Å²) in [6, 6.07) is 0. The van der Waals surface area contributed by atoms with Gasteiger partial charge in [-0.15, -0.1) is 0 Å². The molecule has 0 aromatic heterocycles. The van der Waals surface area contributed by atoms with Crippen LogP contribution in [0.4, 0.5) is 0 Å². The molecule has 0 saturated heterocycles. The van der Waals surface area contributed by atoms with Crippen LogP contribution in [0.1, 0.15) is 32.6 Å². The third-order valence-corrected chi connectivity index (χ3v) is 2.59. The summed E-state index contributed by atoms with van der Waals surface area (Å²) in [6.45, 7) is 7.16. The van der Waals surface area contributed by atoms with E-state index in [-0.39, 0.29) is 0 Å². The van der Waals surface area contributed by atoms with E-state index in [2.05, 4.69) is 24.2 Å². The van der Waals surface area contributed by atoms with Gasteiger partial charge in [-0.2, -0.15) is 0 Å². The molecule has 0 aromatic carbocycles. The van der Waals surface area contributed by atoms with E-state index in [1.165, 1.54) is 51.9 Å². The number of rotatable bonds is 8. The maximum Gasteiger partial charge on any atom is 0.000662 e. The van der Waals surface area contributed by atoms with Gasteiger partial charge in [-0.05, 0) is 58.3 Å². The minimum Gasteiger partial charge on any atom is -0.317 e. The van der Waals surface area contributed by atoms with Crippen molar-refractivity contribution in [1.82, 2.24) is 10.2 Å². The van der Waals surface area contributed by atoms with E-state index in [0.29, 0.717) is 0 Å². The van der Waals surface area contributed by atoms with Gasteiger partial charge in [-0.25, -0.2) is 0 Å². The molecule has 1 aliphatic carbocycles. The van der Waals surface area contributed by atoms with Gasteiger partial charge in [0.1, 0.15) is 0 Å². The molecular weight excluding hydrogens is 160 g/mol. The fraction of sp³-hybridized carbons (Fsp3) is 1.00. The summed E-state index contributed by atoms with van der Waals surface area (Å²) in [5.41, 5.74) is 0. The molecule has 0 amide bonds. The smallest absolute Gasteiger partial charge is 0.000662 e. The molecule has 0 spiro atoms. The van der Waals surface area contributed by atoms with Crippen molar-refractivity contribution >= 4 is 0 Å². The van der Waals surface area contributed by atoms with Gasteiger partial charge in [0.2, 0.25) is 0 Å². The molecule has 0 aromatic rings. The lowest BCUT2D eigenvalue weighted by Gasteiger charge is -2.15. The Morgan fingerprint density at radius 1 is 1.31 bits per heavy atom. The highest BCUT2D eigenvalue weighted by Gasteiger charge is 2.22. The van der Waals surface area contributed by atoms with Crippen molar-refractivity contribution < 1.29 is 0 Å². The summed E-state index contributed by atoms with van der Waals surface area (Å²) in [5, 5.41) is 3.43. The first kappa shape index (κ1) is 11.0. The Hall–Kier alpha value is -0.0800. The molecule has 0 aliphatic heterocycles. The van der Waals surface area contributed by atoms with Crippen LogP contribution in [-0.2, 0) is 0 Å². The van der Waals surface area contributed by atoms with E-state index in [9.17, 15) is 0 Å². The molecule has 1 fully saturated rings. The molecule has 1 aliphatic rings. The lowest BCUT2D eigenvalue weighted by molar-refractivity contribution is 0.314. The zero-order chi connectivity index (χ0) is 9.52. The average Bonchev–Trinajstić information content (AvgIpc) is 2.88. The van der Waals surface area contributed by atoms with Crippen LogP contribution < -0.4 is 5.32 Å². The Morgan fingerprint density at radius 2 is 2.08 bits per heavy atom. The fourth-order valence-electron chi connectivity index (χ4n) is 1.61. The van der Waals surface area contributed by atoms with Crippen molar-refractivity contribution in [1.29, 1.82) is 0 Å². The molecule has 0 bridgehead atoms. The van der Waals surface area contributed by atoms with Crippen molar-refractivity contribution in [2.75, 3.05) is 33.2 Å². The standard InChI is InChI=1S/C11H24N2/c1-3-7-12-8-4-9-13(2)10-11-5-6-11/h11-12H,3-10H2,1-2H3. The van der Waals surface area contributed by atoms with Crippen LogP contribution >= 0.6 is 0 Å². The van der Waals surface area contributed by atoms with Gasteiger partial charge in [0.25, 0.3) is 0 Å². The largest absolute Gasteiger partial charge is 0.317 e.